The lowest BCUT2D eigenvalue weighted by Crippen LogP contribution is -2.14. The van der Waals surface area contributed by atoms with E-state index in [0.29, 0.717) is 36.2 Å². The molecule has 238 valence electrons. The lowest BCUT2D eigenvalue weighted by Gasteiger charge is -2.22. The van der Waals surface area contributed by atoms with Crippen molar-refractivity contribution in [2.24, 2.45) is 0 Å². The van der Waals surface area contributed by atoms with Crippen LogP contribution in [0.2, 0.25) is 0 Å². The van der Waals surface area contributed by atoms with Gasteiger partial charge in [0.2, 0.25) is 0 Å². The van der Waals surface area contributed by atoms with E-state index in [1.807, 2.05) is 48.5 Å². The highest BCUT2D eigenvalue weighted by Crippen LogP contribution is 2.47. The molecule has 0 N–H and O–H groups in total. The smallest absolute Gasteiger partial charge is 0.323 e. The van der Waals surface area contributed by atoms with E-state index in [-0.39, 0.29) is 22.8 Å². The van der Waals surface area contributed by atoms with Gasteiger partial charge in [-0.05, 0) is 60.1 Å². The maximum atomic E-state index is 13.0. The minimum absolute atomic E-state index is 0.140. The summed E-state index contributed by atoms with van der Waals surface area (Å²) in [6, 6.07) is 23.5. The van der Waals surface area contributed by atoms with Gasteiger partial charge in [0, 0.05) is 22.3 Å². The Kier molecular flexibility index (Phi) is 7.95. The van der Waals surface area contributed by atoms with Gasteiger partial charge in [-0.25, -0.2) is 0 Å². The summed E-state index contributed by atoms with van der Waals surface area (Å²) in [5, 5.41) is 0. The zero-order valence-corrected chi connectivity index (χ0v) is 27.9. The fraction of sp³-hybridized carbons (Fsp3) is 0.350. The van der Waals surface area contributed by atoms with E-state index >= 15 is 0 Å². The highest BCUT2D eigenvalue weighted by Gasteiger charge is 2.39. The highest BCUT2D eigenvalue weighted by atomic mass is 16.5. The minimum Gasteiger partial charge on any atom is -0.490 e. The Morgan fingerprint density at radius 3 is 1.24 bits per heavy atom. The third kappa shape index (κ3) is 6.01. The van der Waals surface area contributed by atoms with Crippen molar-refractivity contribution >= 4 is 11.9 Å². The normalized spacial score (nSPS) is 17.3. The predicted octanol–water partition coefficient (Wildman–Crippen LogP) is 8.46. The van der Waals surface area contributed by atoms with Crippen molar-refractivity contribution in [2.75, 3.05) is 13.2 Å². The van der Waals surface area contributed by atoms with E-state index in [2.05, 4.69) is 79.7 Å². The number of fused-ring (bicyclic) bond motifs is 2. The van der Waals surface area contributed by atoms with Crippen LogP contribution in [0, 0.1) is 13.8 Å². The fourth-order valence-corrected chi connectivity index (χ4v) is 6.41. The van der Waals surface area contributed by atoms with Crippen molar-refractivity contribution in [1.29, 1.82) is 0 Å². The monoisotopic (exact) mass is 618 g/mol. The Morgan fingerprint density at radius 1 is 0.565 bits per heavy atom. The molecule has 0 spiro atoms. The number of rotatable bonds is 7. The van der Waals surface area contributed by atoms with Crippen LogP contribution in [0.25, 0.3) is 0 Å². The Hall–Kier alpha value is -4.58. The second-order valence-electron chi connectivity index (χ2n) is 14.5. The van der Waals surface area contributed by atoms with Gasteiger partial charge in [0.25, 0.3) is 0 Å². The van der Waals surface area contributed by atoms with Crippen LogP contribution in [0.4, 0.5) is 0 Å². The van der Waals surface area contributed by atoms with Gasteiger partial charge >= 0.3 is 11.9 Å². The fourth-order valence-electron chi connectivity index (χ4n) is 6.41. The van der Waals surface area contributed by atoms with Gasteiger partial charge in [-0.2, -0.15) is 0 Å². The molecule has 0 aromatic heterocycles. The number of hydrogen-bond donors (Lipinski definition) is 0. The Morgan fingerprint density at radius 2 is 0.913 bits per heavy atom. The van der Waals surface area contributed by atoms with Crippen LogP contribution < -0.4 is 18.9 Å². The lowest BCUT2D eigenvalue weighted by molar-refractivity contribution is -0.134. The lowest BCUT2D eigenvalue weighted by atomic mass is 9.82. The van der Waals surface area contributed by atoms with E-state index < -0.39 is 11.8 Å². The van der Waals surface area contributed by atoms with E-state index in [1.54, 1.807) is 0 Å². The van der Waals surface area contributed by atoms with E-state index in [4.69, 9.17) is 18.9 Å². The summed E-state index contributed by atoms with van der Waals surface area (Å²) in [5.41, 5.74) is 7.61. The summed E-state index contributed by atoms with van der Waals surface area (Å²) >= 11 is 0. The minimum atomic E-state index is -0.458. The van der Waals surface area contributed by atoms with E-state index in [9.17, 15) is 9.59 Å². The van der Waals surface area contributed by atoms with Gasteiger partial charge in [0.15, 0.2) is 0 Å². The molecule has 0 amide bonds. The van der Waals surface area contributed by atoms with Crippen LogP contribution in [-0.2, 0) is 20.4 Å². The van der Waals surface area contributed by atoms with Gasteiger partial charge in [-0.15, -0.1) is 0 Å². The zero-order valence-electron chi connectivity index (χ0n) is 27.9. The average molecular weight is 619 g/mol. The van der Waals surface area contributed by atoms with Gasteiger partial charge in [-0.1, -0.05) is 101 Å². The third-order valence-corrected chi connectivity index (χ3v) is 8.69. The summed E-state index contributed by atoms with van der Waals surface area (Å²) in [5.74, 6) is 1.35. The van der Waals surface area contributed by atoms with Gasteiger partial charge in [0.1, 0.15) is 48.0 Å². The van der Waals surface area contributed by atoms with Gasteiger partial charge < -0.3 is 18.9 Å². The first-order chi connectivity index (χ1) is 21.7. The molecule has 2 aliphatic heterocycles. The molecule has 2 heterocycles. The maximum Gasteiger partial charge on any atom is 0.323 e. The third-order valence-electron chi connectivity index (χ3n) is 8.69. The summed E-state index contributed by atoms with van der Waals surface area (Å²) in [6.45, 7) is 17.6. The number of carbonyl (C=O) groups excluding carboxylic acids is 2. The molecule has 6 rings (SSSR count). The number of ether oxygens (including phenoxy) is 4. The molecule has 0 aliphatic carbocycles. The molecule has 6 heteroatoms. The second kappa shape index (κ2) is 11.7. The largest absolute Gasteiger partial charge is 0.490 e. The highest BCUT2D eigenvalue weighted by molar-refractivity contribution is 5.91. The van der Waals surface area contributed by atoms with Crippen LogP contribution in [0.5, 0.6) is 23.0 Å². The van der Waals surface area contributed by atoms with Crippen molar-refractivity contribution < 1.29 is 28.5 Å². The number of hydrogen-bond acceptors (Lipinski definition) is 6. The van der Waals surface area contributed by atoms with Crippen molar-refractivity contribution in [1.82, 2.24) is 0 Å². The molecule has 2 atom stereocenters. The average Bonchev–Trinajstić information content (AvgIpc) is 3.49. The summed E-state index contributed by atoms with van der Waals surface area (Å²) in [6.07, 6.45) is 0. The van der Waals surface area contributed by atoms with Crippen molar-refractivity contribution in [3.8, 4) is 23.0 Å². The van der Waals surface area contributed by atoms with E-state index in [0.717, 1.165) is 44.5 Å². The standard InChI is InChI=1S/C40H42O6/c1-23-19-29-33(37(41)45-35(29)31(21-23)39(3,4)5)25-9-13-27(14-10-25)43-17-18-44-28-15-11-26(12-16-28)34-30-20-24(2)22-32(40(6,7)8)36(30)46-38(34)42/h9-16,19-22,33-34H,17-18H2,1-8H3. The quantitative estimate of drug-likeness (QED) is 0.118. The van der Waals surface area contributed by atoms with E-state index in [1.165, 1.54) is 0 Å². The Bertz CT molecular complexity index is 1670. The van der Waals surface area contributed by atoms with Gasteiger partial charge in [-0.3, -0.25) is 9.59 Å². The number of benzene rings is 4. The van der Waals surface area contributed by atoms with Crippen molar-refractivity contribution in [3.05, 3.63) is 117 Å². The molecular weight excluding hydrogens is 576 g/mol. The molecule has 0 radical (unpaired) electrons. The summed E-state index contributed by atoms with van der Waals surface area (Å²) < 4.78 is 23.5. The molecule has 0 bridgehead atoms. The maximum absolute atomic E-state index is 13.0. The Balaban J connectivity index is 1.07. The van der Waals surface area contributed by atoms with Crippen LogP contribution in [0.15, 0.2) is 72.8 Å². The first kappa shape index (κ1) is 31.4. The first-order valence-electron chi connectivity index (χ1n) is 15.9. The predicted molar refractivity (Wildman–Crippen MR) is 179 cm³/mol. The summed E-state index contributed by atoms with van der Waals surface area (Å²) in [7, 11) is 0. The topological polar surface area (TPSA) is 71.1 Å². The molecule has 0 saturated heterocycles. The number of esters is 2. The molecule has 4 aromatic rings. The molecule has 2 aliphatic rings. The summed E-state index contributed by atoms with van der Waals surface area (Å²) in [4.78, 5) is 26.0. The molecule has 0 fully saturated rings. The Labute approximate surface area is 271 Å². The molecule has 6 nitrogen and oxygen atoms in total. The molecule has 0 saturated carbocycles. The van der Waals surface area contributed by atoms with Crippen molar-refractivity contribution in [2.45, 2.75) is 78.1 Å². The van der Waals surface area contributed by atoms with Crippen LogP contribution in [0.3, 0.4) is 0 Å². The van der Waals surface area contributed by atoms with Crippen molar-refractivity contribution in [3.63, 3.8) is 0 Å². The molecular formula is C40H42O6. The second-order valence-corrected chi connectivity index (χ2v) is 14.5. The molecule has 4 aromatic carbocycles. The number of carbonyl (C=O) groups is 2. The SMILES string of the molecule is Cc1cc2c(c(C(C)(C)C)c1)OC(=O)C2c1ccc(OCCOc2ccc(C3C(=O)Oc4c3cc(C)cc4C(C)(C)C)cc2)cc1. The zero-order chi connectivity index (χ0) is 33.0. The molecule has 46 heavy (non-hydrogen) atoms. The molecule has 2 unspecified atom stereocenters. The first-order valence-corrected chi connectivity index (χ1v) is 15.9. The number of aryl methyl sites for hydroxylation is 2. The van der Waals surface area contributed by atoms with Crippen LogP contribution >= 0.6 is 0 Å². The van der Waals surface area contributed by atoms with Crippen LogP contribution in [-0.4, -0.2) is 25.2 Å². The van der Waals surface area contributed by atoms with Crippen LogP contribution in [0.1, 0.15) is 97.9 Å². The van der Waals surface area contributed by atoms with Gasteiger partial charge in [0.05, 0.1) is 0 Å².